The number of amides is 2. The van der Waals surface area contributed by atoms with E-state index in [0.29, 0.717) is 23.1 Å². The maximum absolute atomic E-state index is 12.3. The molecule has 2 amide bonds. The van der Waals surface area contributed by atoms with E-state index < -0.39 is 16.1 Å². The Morgan fingerprint density at radius 3 is 2.32 bits per heavy atom. The van der Waals surface area contributed by atoms with Crippen molar-refractivity contribution in [3.8, 4) is 5.75 Å². The SMILES string of the molecule is C[S+]([O-])Cc1cc(OCCCN2C(=O)c3ccccc3C2=O)cc([N+](=O)[O-])c1. The van der Waals surface area contributed by atoms with Gasteiger partial charge in [-0.05, 0) is 24.6 Å². The zero-order chi connectivity index (χ0) is 20.3. The van der Waals surface area contributed by atoms with E-state index in [0.717, 1.165) is 0 Å². The lowest BCUT2D eigenvalue weighted by Gasteiger charge is -2.14. The van der Waals surface area contributed by atoms with E-state index in [4.69, 9.17) is 4.74 Å². The fourth-order valence-electron chi connectivity index (χ4n) is 3.01. The van der Waals surface area contributed by atoms with Crippen molar-refractivity contribution in [2.75, 3.05) is 19.4 Å². The minimum Gasteiger partial charge on any atom is -0.616 e. The normalized spacial score (nSPS) is 14.1. The number of nitro benzene ring substituents is 1. The molecule has 1 aliphatic rings. The van der Waals surface area contributed by atoms with Gasteiger partial charge in [0.2, 0.25) is 0 Å². The van der Waals surface area contributed by atoms with Crippen molar-refractivity contribution in [2.24, 2.45) is 0 Å². The number of imide groups is 1. The van der Waals surface area contributed by atoms with Crippen molar-refractivity contribution in [3.63, 3.8) is 0 Å². The van der Waals surface area contributed by atoms with Crippen LogP contribution in [0, 0.1) is 10.1 Å². The minimum absolute atomic E-state index is 0.140. The van der Waals surface area contributed by atoms with E-state index in [1.54, 1.807) is 30.3 Å². The van der Waals surface area contributed by atoms with E-state index >= 15 is 0 Å². The molecule has 2 aromatic rings. The van der Waals surface area contributed by atoms with Gasteiger partial charge in [-0.2, -0.15) is 0 Å². The zero-order valence-electron chi connectivity index (χ0n) is 15.1. The van der Waals surface area contributed by atoms with Crippen LogP contribution in [0.3, 0.4) is 0 Å². The van der Waals surface area contributed by atoms with E-state index in [9.17, 15) is 24.3 Å². The Hall–Kier alpha value is -2.91. The molecule has 0 fully saturated rings. The number of non-ortho nitro benzene ring substituents is 1. The molecular formula is C19H18N2O6S. The molecule has 0 aliphatic carbocycles. The first-order valence-corrected chi connectivity index (χ1v) is 10.3. The van der Waals surface area contributed by atoms with Gasteiger partial charge in [0.25, 0.3) is 17.5 Å². The fraction of sp³-hybridized carbons (Fsp3) is 0.263. The molecule has 0 N–H and O–H groups in total. The summed E-state index contributed by atoms with van der Waals surface area (Å²) in [5, 5.41) is 11.1. The molecule has 1 atom stereocenters. The van der Waals surface area contributed by atoms with Crippen LogP contribution in [0.4, 0.5) is 5.69 Å². The summed E-state index contributed by atoms with van der Waals surface area (Å²) < 4.78 is 17.0. The van der Waals surface area contributed by atoms with Crippen LogP contribution in [0.25, 0.3) is 0 Å². The lowest BCUT2D eigenvalue weighted by atomic mass is 10.1. The second-order valence-corrected chi connectivity index (χ2v) is 7.75. The van der Waals surface area contributed by atoms with Gasteiger partial charge in [0.1, 0.15) is 11.5 Å². The van der Waals surface area contributed by atoms with Gasteiger partial charge in [-0.25, -0.2) is 0 Å². The standard InChI is InChI=1S/C19H18N2O6S/c1-28(26)12-13-9-14(21(24)25)11-15(10-13)27-8-4-7-20-18(22)16-5-2-3-6-17(16)19(20)23/h2-3,5-6,9-11H,4,7-8,12H2,1H3. The molecule has 0 saturated carbocycles. The highest BCUT2D eigenvalue weighted by Gasteiger charge is 2.34. The van der Waals surface area contributed by atoms with Crippen molar-refractivity contribution < 1.29 is 23.8 Å². The summed E-state index contributed by atoms with van der Waals surface area (Å²) >= 11 is -1.14. The molecule has 1 unspecified atom stereocenters. The lowest BCUT2D eigenvalue weighted by Crippen LogP contribution is -2.31. The Morgan fingerprint density at radius 1 is 1.11 bits per heavy atom. The number of carbonyl (C=O) groups is 2. The Bertz CT molecular complexity index is 895. The summed E-state index contributed by atoms with van der Waals surface area (Å²) in [5.41, 5.74) is 1.19. The van der Waals surface area contributed by atoms with Crippen molar-refractivity contribution in [2.45, 2.75) is 12.2 Å². The number of nitrogens with zero attached hydrogens (tertiary/aromatic N) is 2. The molecule has 0 aromatic heterocycles. The third-order valence-electron chi connectivity index (χ3n) is 4.20. The van der Waals surface area contributed by atoms with Gasteiger partial charge >= 0.3 is 0 Å². The van der Waals surface area contributed by atoms with Gasteiger partial charge in [-0.1, -0.05) is 23.3 Å². The van der Waals surface area contributed by atoms with Gasteiger partial charge < -0.3 is 9.29 Å². The Morgan fingerprint density at radius 2 is 1.75 bits per heavy atom. The summed E-state index contributed by atoms with van der Waals surface area (Å²) in [4.78, 5) is 36.3. The highest BCUT2D eigenvalue weighted by atomic mass is 32.2. The summed E-state index contributed by atoms with van der Waals surface area (Å²) in [7, 11) is 0. The Labute approximate surface area is 164 Å². The number of ether oxygens (including phenoxy) is 1. The van der Waals surface area contributed by atoms with Crippen LogP contribution in [0.1, 0.15) is 32.7 Å². The third-order valence-corrected chi connectivity index (χ3v) is 4.94. The van der Waals surface area contributed by atoms with Gasteiger partial charge in [0.15, 0.2) is 0 Å². The first kappa shape index (κ1) is 19.8. The molecule has 0 saturated heterocycles. The zero-order valence-corrected chi connectivity index (χ0v) is 15.9. The van der Waals surface area contributed by atoms with E-state index in [1.165, 1.54) is 23.3 Å². The summed E-state index contributed by atoms with van der Waals surface area (Å²) in [6.07, 6.45) is 1.89. The molecule has 0 bridgehead atoms. The van der Waals surface area contributed by atoms with Crippen molar-refractivity contribution in [1.82, 2.24) is 4.90 Å². The topological polar surface area (TPSA) is 113 Å². The van der Waals surface area contributed by atoms with E-state index in [-0.39, 0.29) is 42.2 Å². The monoisotopic (exact) mass is 402 g/mol. The predicted molar refractivity (Wildman–Crippen MR) is 103 cm³/mol. The van der Waals surface area contributed by atoms with E-state index in [1.807, 2.05) is 0 Å². The summed E-state index contributed by atoms with van der Waals surface area (Å²) in [6, 6.07) is 10.9. The summed E-state index contributed by atoms with van der Waals surface area (Å²) in [6.45, 7) is 0.357. The average molecular weight is 402 g/mol. The van der Waals surface area contributed by atoms with Crippen molar-refractivity contribution in [1.29, 1.82) is 0 Å². The number of benzene rings is 2. The number of carbonyl (C=O) groups excluding carboxylic acids is 2. The molecule has 3 rings (SSSR count). The van der Waals surface area contributed by atoms with Gasteiger partial charge in [0, 0.05) is 18.2 Å². The number of hydrogen-bond acceptors (Lipinski definition) is 6. The van der Waals surface area contributed by atoms with E-state index in [2.05, 4.69) is 0 Å². The first-order chi connectivity index (χ1) is 13.4. The molecule has 0 spiro atoms. The smallest absolute Gasteiger partial charge is 0.273 e. The predicted octanol–water partition coefficient (Wildman–Crippen LogP) is 2.54. The van der Waals surface area contributed by atoms with Gasteiger partial charge in [-0.3, -0.25) is 24.6 Å². The van der Waals surface area contributed by atoms with Crippen molar-refractivity contribution in [3.05, 3.63) is 69.3 Å². The molecule has 9 heteroatoms. The second-order valence-electron chi connectivity index (χ2n) is 6.32. The highest BCUT2D eigenvalue weighted by molar-refractivity contribution is 7.89. The van der Waals surface area contributed by atoms with Gasteiger partial charge in [0.05, 0.1) is 35.0 Å². The second kappa shape index (κ2) is 8.41. The molecule has 1 heterocycles. The molecule has 146 valence electrons. The number of nitro groups is 1. The van der Waals surface area contributed by atoms with Crippen LogP contribution in [-0.2, 0) is 16.9 Å². The number of fused-ring (bicyclic) bond motifs is 1. The molecule has 1 aliphatic heterocycles. The van der Waals surface area contributed by atoms with Crippen molar-refractivity contribution >= 4 is 28.7 Å². The molecule has 8 nitrogen and oxygen atoms in total. The first-order valence-electron chi connectivity index (χ1n) is 8.53. The highest BCUT2D eigenvalue weighted by Crippen LogP contribution is 2.25. The quantitative estimate of drug-likeness (QED) is 0.220. The van der Waals surface area contributed by atoms with Crippen LogP contribution < -0.4 is 4.74 Å². The lowest BCUT2D eigenvalue weighted by molar-refractivity contribution is -0.385. The molecule has 2 aromatic carbocycles. The molecular weight excluding hydrogens is 384 g/mol. The number of hydrogen-bond donors (Lipinski definition) is 0. The van der Waals surface area contributed by atoms with Crippen LogP contribution in [0.2, 0.25) is 0 Å². The van der Waals surface area contributed by atoms with Crippen LogP contribution in [-0.4, -0.2) is 45.6 Å². The van der Waals surface area contributed by atoms with Crippen LogP contribution in [0.15, 0.2) is 42.5 Å². The molecule has 0 radical (unpaired) electrons. The van der Waals surface area contributed by atoms with Crippen LogP contribution >= 0.6 is 0 Å². The maximum atomic E-state index is 12.3. The summed E-state index contributed by atoms with van der Waals surface area (Å²) in [5.74, 6) is -0.183. The Kier molecular flexibility index (Phi) is 5.96. The van der Waals surface area contributed by atoms with Crippen LogP contribution in [0.5, 0.6) is 5.75 Å². The Balaban J connectivity index is 1.60. The molecule has 28 heavy (non-hydrogen) atoms. The van der Waals surface area contributed by atoms with Gasteiger partial charge in [-0.15, -0.1) is 0 Å². The maximum Gasteiger partial charge on any atom is 0.273 e. The average Bonchev–Trinajstić information content (AvgIpc) is 2.89. The third kappa shape index (κ3) is 4.32. The largest absolute Gasteiger partial charge is 0.616 e. The number of rotatable bonds is 8. The minimum atomic E-state index is -1.14. The fourth-order valence-corrected chi connectivity index (χ4v) is 3.64.